The lowest BCUT2D eigenvalue weighted by Gasteiger charge is -2.04. The molecule has 2 aromatic heterocycles. The van der Waals surface area contributed by atoms with Gasteiger partial charge in [-0.1, -0.05) is 31.4 Å². The molecule has 2 aromatic rings. The summed E-state index contributed by atoms with van der Waals surface area (Å²) in [4.78, 5) is 19.6. The van der Waals surface area contributed by atoms with Gasteiger partial charge in [-0.2, -0.15) is 0 Å². The fraction of sp³-hybridized carbons (Fsp3) is 0.214. The summed E-state index contributed by atoms with van der Waals surface area (Å²) in [6.45, 7) is 4.43. The molecule has 0 saturated carbocycles. The molecule has 5 heteroatoms. The number of pyridine rings is 2. The Labute approximate surface area is 114 Å². The standard InChI is InChI=1S/C12H10BN3O.C2H6/c13-10-3-4-11(15-8-10)12(17)16-7-9-2-1-5-14-6-9;1-2/h1-6,8H,7H2,(H,16,17);1-2H3. The quantitative estimate of drug-likeness (QED) is 0.837. The molecule has 19 heavy (non-hydrogen) atoms. The van der Waals surface area contributed by atoms with E-state index >= 15 is 0 Å². The Hall–Kier alpha value is -2.17. The molecule has 0 unspecified atom stereocenters. The second-order valence-corrected chi connectivity index (χ2v) is 3.52. The molecular weight excluding hydrogens is 237 g/mol. The first-order valence-corrected chi connectivity index (χ1v) is 6.14. The summed E-state index contributed by atoms with van der Waals surface area (Å²) in [6, 6.07) is 6.95. The monoisotopic (exact) mass is 253 g/mol. The lowest BCUT2D eigenvalue weighted by Crippen LogP contribution is -2.24. The topological polar surface area (TPSA) is 54.9 Å². The van der Waals surface area contributed by atoms with Crippen molar-refractivity contribution in [3.8, 4) is 0 Å². The van der Waals surface area contributed by atoms with Crippen molar-refractivity contribution < 1.29 is 4.79 Å². The Morgan fingerprint density at radius 3 is 2.63 bits per heavy atom. The highest BCUT2D eigenvalue weighted by molar-refractivity contribution is 6.32. The number of carbonyl (C=O) groups is 1. The minimum atomic E-state index is -0.228. The second kappa shape index (κ2) is 8.03. The molecule has 0 spiro atoms. The fourth-order valence-corrected chi connectivity index (χ4v) is 1.32. The molecule has 0 aliphatic carbocycles. The second-order valence-electron chi connectivity index (χ2n) is 3.52. The van der Waals surface area contributed by atoms with Gasteiger partial charge in [0, 0.05) is 25.1 Å². The van der Waals surface area contributed by atoms with E-state index in [1.807, 2.05) is 26.0 Å². The molecule has 0 fully saturated rings. The molecule has 2 rings (SSSR count). The predicted octanol–water partition coefficient (Wildman–Crippen LogP) is 1.23. The lowest BCUT2D eigenvalue weighted by atomic mass is 9.99. The van der Waals surface area contributed by atoms with Gasteiger partial charge in [-0.15, -0.1) is 0 Å². The zero-order valence-corrected chi connectivity index (χ0v) is 11.1. The molecule has 0 aliphatic rings. The number of nitrogens with one attached hydrogen (secondary N) is 1. The zero-order valence-electron chi connectivity index (χ0n) is 11.1. The Bertz CT molecular complexity index is 500. The third-order valence-electron chi connectivity index (χ3n) is 2.19. The van der Waals surface area contributed by atoms with E-state index in [1.54, 1.807) is 24.5 Å². The van der Waals surface area contributed by atoms with Gasteiger partial charge in [0.25, 0.3) is 5.91 Å². The van der Waals surface area contributed by atoms with E-state index in [-0.39, 0.29) is 5.91 Å². The SMILES string of the molecule is CC.[B]c1ccc(C(=O)NCc2cccnc2)nc1. The van der Waals surface area contributed by atoms with Gasteiger partial charge in [-0.3, -0.25) is 14.8 Å². The summed E-state index contributed by atoms with van der Waals surface area (Å²) in [7, 11) is 5.49. The highest BCUT2D eigenvalue weighted by Gasteiger charge is 2.05. The van der Waals surface area contributed by atoms with Crippen molar-refractivity contribution in [3.05, 3.63) is 54.1 Å². The van der Waals surface area contributed by atoms with Gasteiger partial charge in [0.05, 0.1) is 0 Å². The van der Waals surface area contributed by atoms with Crippen molar-refractivity contribution in [2.24, 2.45) is 0 Å². The number of nitrogens with zero attached hydrogens (tertiary/aromatic N) is 2. The van der Waals surface area contributed by atoms with Crippen LogP contribution in [-0.4, -0.2) is 23.7 Å². The molecule has 2 radical (unpaired) electrons. The largest absolute Gasteiger partial charge is 0.347 e. The van der Waals surface area contributed by atoms with E-state index < -0.39 is 0 Å². The Kier molecular flexibility index (Phi) is 6.29. The van der Waals surface area contributed by atoms with Crippen molar-refractivity contribution in [2.75, 3.05) is 0 Å². The first-order chi connectivity index (χ1) is 9.25. The van der Waals surface area contributed by atoms with Crippen molar-refractivity contribution in [2.45, 2.75) is 20.4 Å². The molecule has 0 saturated heterocycles. The molecule has 0 aromatic carbocycles. The van der Waals surface area contributed by atoms with E-state index in [2.05, 4.69) is 15.3 Å². The maximum atomic E-state index is 11.7. The van der Waals surface area contributed by atoms with Crippen molar-refractivity contribution >= 4 is 19.2 Å². The summed E-state index contributed by atoms with van der Waals surface area (Å²) in [6.07, 6.45) is 4.85. The molecule has 1 N–H and O–H groups in total. The van der Waals surface area contributed by atoms with Crippen LogP contribution < -0.4 is 10.8 Å². The molecule has 0 aliphatic heterocycles. The summed E-state index contributed by atoms with van der Waals surface area (Å²) in [5.74, 6) is -0.228. The van der Waals surface area contributed by atoms with Crippen LogP contribution in [0.5, 0.6) is 0 Å². The molecule has 4 nitrogen and oxygen atoms in total. The Morgan fingerprint density at radius 1 is 1.26 bits per heavy atom. The third kappa shape index (κ3) is 4.91. The molecule has 0 atom stereocenters. The predicted molar refractivity (Wildman–Crippen MR) is 76.4 cm³/mol. The number of carbonyl (C=O) groups excluding carboxylic acids is 1. The van der Waals surface area contributed by atoms with E-state index in [0.29, 0.717) is 17.7 Å². The summed E-state index contributed by atoms with van der Waals surface area (Å²) < 4.78 is 0. The minimum absolute atomic E-state index is 0.228. The molecular formula is C14H16BN3O. The summed E-state index contributed by atoms with van der Waals surface area (Å²) in [5.41, 5.74) is 1.83. The first-order valence-electron chi connectivity index (χ1n) is 6.14. The van der Waals surface area contributed by atoms with Crippen LogP contribution in [0.15, 0.2) is 42.9 Å². The van der Waals surface area contributed by atoms with E-state index in [4.69, 9.17) is 7.85 Å². The van der Waals surface area contributed by atoms with Crippen LogP contribution in [0.3, 0.4) is 0 Å². The number of hydrogen-bond acceptors (Lipinski definition) is 3. The first kappa shape index (κ1) is 14.9. The Balaban J connectivity index is 0.000000861. The maximum Gasteiger partial charge on any atom is 0.270 e. The minimum Gasteiger partial charge on any atom is -0.347 e. The normalized spacial score (nSPS) is 9.16. The molecule has 2 heterocycles. The van der Waals surface area contributed by atoms with Gasteiger partial charge >= 0.3 is 0 Å². The van der Waals surface area contributed by atoms with Crippen LogP contribution in [-0.2, 0) is 6.54 Å². The van der Waals surface area contributed by atoms with E-state index in [1.165, 1.54) is 6.20 Å². The van der Waals surface area contributed by atoms with Gasteiger partial charge in [0.2, 0.25) is 0 Å². The van der Waals surface area contributed by atoms with Crippen molar-refractivity contribution in [3.63, 3.8) is 0 Å². The molecule has 0 bridgehead atoms. The van der Waals surface area contributed by atoms with Crippen molar-refractivity contribution in [1.82, 2.24) is 15.3 Å². The van der Waals surface area contributed by atoms with Gasteiger partial charge in [0.1, 0.15) is 13.5 Å². The fourth-order valence-electron chi connectivity index (χ4n) is 1.32. The number of amides is 1. The van der Waals surface area contributed by atoms with Crippen LogP contribution in [0.4, 0.5) is 0 Å². The third-order valence-corrected chi connectivity index (χ3v) is 2.19. The van der Waals surface area contributed by atoms with Gasteiger partial charge < -0.3 is 5.32 Å². The van der Waals surface area contributed by atoms with Gasteiger partial charge in [-0.05, 0) is 17.7 Å². The van der Waals surface area contributed by atoms with E-state index in [9.17, 15) is 4.79 Å². The van der Waals surface area contributed by atoms with Crippen LogP contribution in [0.25, 0.3) is 0 Å². The van der Waals surface area contributed by atoms with Crippen LogP contribution >= 0.6 is 0 Å². The average molecular weight is 253 g/mol. The van der Waals surface area contributed by atoms with Crippen molar-refractivity contribution in [1.29, 1.82) is 0 Å². The van der Waals surface area contributed by atoms with Gasteiger partial charge in [0.15, 0.2) is 0 Å². The lowest BCUT2D eigenvalue weighted by molar-refractivity contribution is 0.0946. The highest BCUT2D eigenvalue weighted by Crippen LogP contribution is 1.96. The van der Waals surface area contributed by atoms with Crippen LogP contribution in [0.1, 0.15) is 29.9 Å². The number of rotatable bonds is 3. The number of hydrogen-bond donors (Lipinski definition) is 1. The zero-order chi connectivity index (χ0) is 14.1. The summed E-state index contributed by atoms with van der Waals surface area (Å²) in [5, 5.41) is 2.75. The van der Waals surface area contributed by atoms with Crippen LogP contribution in [0.2, 0.25) is 0 Å². The van der Waals surface area contributed by atoms with E-state index in [0.717, 1.165) is 5.56 Å². The molecule has 1 amide bonds. The average Bonchev–Trinajstić information content (AvgIpc) is 2.49. The Morgan fingerprint density at radius 2 is 2.05 bits per heavy atom. The van der Waals surface area contributed by atoms with Gasteiger partial charge in [-0.25, -0.2) is 0 Å². The number of aromatic nitrogens is 2. The van der Waals surface area contributed by atoms with Crippen LogP contribution in [0, 0.1) is 0 Å². The molecule has 96 valence electrons. The maximum absolute atomic E-state index is 11.7. The highest BCUT2D eigenvalue weighted by atomic mass is 16.1. The smallest absolute Gasteiger partial charge is 0.270 e. The summed E-state index contributed by atoms with van der Waals surface area (Å²) >= 11 is 0.